The molecule has 70 valence electrons. The molecule has 0 radical (unpaired) electrons. The van der Waals surface area contributed by atoms with Crippen LogP contribution in [-0.2, 0) is 0 Å². The molecule has 1 saturated carbocycles. The van der Waals surface area contributed by atoms with Crippen molar-refractivity contribution in [2.75, 3.05) is 0 Å². The minimum atomic E-state index is 0.0474. The Morgan fingerprint density at radius 2 is 2.36 bits per heavy atom. The fraction of sp³-hybridized carbons (Fsp3) is 0.300. The Morgan fingerprint density at radius 3 is 3.14 bits per heavy atom. The van der Waals surface area contributed by atoms with Crippen LogP contribution in [0.15, 0.2) is 22.9 Å². The standard InChI is InChI=1S/C10H8N2O2/c13-9(6-3-4-6)10-8-7(12-14-10)2-1-5-11-8/h1-2,5-6H,3-4H2. The monoisotopic (exact) mass is 188 g/mol. The molecule has 0 atom stereocenters. The summed E-state index contributed by atoms with van der Waals surface area (Å²) in [7, 11) is 0. The van der Waals surface area contributed by atoms with Crippen molar-refractivity contribution in [2.24, 2.45) is 5.92 Å². The quantitative estimate of drug-likeness (QED) is 0.674. The van der Waals surface area contributed by atoms with Crippen molar-refractivity contribution in [1.29, 1.82) is 0 Å². The summed E-state index contributed by atoms with van der Waals surface area (Å²) in [5.74, 6) is 0.516. The van der Waals surface area contributed by atoms with E-state index < -0.39 is 0 Å². The van der Waals surface area contributed by atoms with Crippen molar-refractivity contribution in [2.45, 2.75) is 12.8 Å². The van der Waals surface area contributed by atoms with E-state index in [1.54, 1.807) is 18.3 Å². The van der Waals surface area contributed by atoms with E-state index >= 15 is 0 Å². The number of carbonyl (C=O) groups is 1. The van der Waals surface area contributed by atoms with Crippen LogP contribution in [0.2, 0.25) is 0 Å². The van der Waals surface area contributed by atoms with E-state index in [9.17, 15) is 4.79 Å². The van der Waals surface area contributed by atoms with E-state index in [1.807, 2.05) is 0 Å². The van der Waals surface area contributed by atoms with E-state index in [2.05, 4.69) is 10.1 Å². The van der Waals surface area contributed by atoms with Crippen molar-refractivity contribution in [1.82, 2.24) is 10.1 Å². The number of rotatable bonds is 2. The summed E-state index contributed by atoms with van der Waals surface area (Å²) in [6.45, 7) is 0. The Hall–Kier alpha value is -1.71. The van der Waals surface area contributed by atoms with Gasteiger partial charge in [-0.3, -0.25) is 9.78 Å². The molecule has 0 aliphatic heterocycles. The first-order valence-electron chi connectivity index (χ1n) is 4.61. The molecule has 2 aromatic heterocycles. The van der Waals surface area contributed by atoms with Crippen LogP contribution in [0.3, 0.4) is 0 Å². The van der Waals surface area contributed by atoms with Crippen molar-refractivity contribution >= 4 is 16.8 Å². The first kappa shape index (κ1) is 7.67. The van der Waals surface area contributed by atoms with Crippen LogP contribution in [0, 0.1) is 5.92 Å². The van der Waals surface area contributed by atoms with Gasteiger partial charge in [-0.1, -0.05) is 5.16 Å². The molecule has 14 heavy (non-hydrogen) atoms. The van der Waals surface area contributed by atoms with Gasteiger partial charge < -0.3 is 4.52 Å². The van der Waals surface area contributed by atoms with E-state index in [4.69, 9.17) is 4.52 Å². The number of aromatic nitrogens is 2. The second-order valence-electron chi connectivity index (χ2n) is 3.52. The number of Topliss-reactive ketones (excluding diaryl/α,β-unsaturated/α-hetero) is 1. The first-order valence-corrected chi connectivity index (χ1v) is 4.61. The van der Waals surface area contributed by atoms with E-state index in [-0.39, 0.29) is 11.7 Å². The van der Waals surface area contributed by atoms with Crippen molar-refractivity contribution in [3.05, 3.63) is 24.1 Å². The predicted molar refractivity (Wildman–Crippen MR) is 48.9 cm³/mol. The smallest absolute Gasteiger partial charge is 0.228 e. The number of ketones is 1. The first-order chi connectivity index (χ1) is 6.86. The lowest BCUT2D eigenvalue weighted by atomic mass is 10.2. The summed E-state index contributed by atoms with van der Waals surface area (Å²) in [4.78, 5) is 15.8. The number of carbonyl (C=O) groups excluding carboxylic acids is 1. The fourth-order valence-corrected chi connectivity index (χ4v) is 1.48. The molecular weight excluding hydrogens is 180 g/mol. The summed E-state index contributed by atoms with van der Waals surface area (Å²) >= 11 is 0. The van der Waals surface area contributed by atoms with Gasteiger partial charge in [0.05, 0.1) is 0 Å². The molecule has 0 aromatic carbocycles. The molecule has 0 N–H and O–H groups in total. The van der Waals surface area contributed by atoms with Crippen LogP contribution in [0.1, 0.15) is 23.4 Å². The van der Waals surface area contributed by atoms with E-state index in [0.29, 0.717) is 16.8 Å². The topological polar surface area (TPSA) is 56.0 Å². The molecule has 0 bridgehead atoms. The Bertz CT molecular complexity index is 500. The van der Waals surface area contributed by atoms with Gasteiger partial charge in [-0.15, -0.1) is 0 Å². The molecule has 1 aliphatic rings. The van der Waals surface area contributed by atoms with Crippen LogP contribution in [0.25, 0.3) is 11.0 Å². The maximum Gasteiger partial charge on any atom is 0.228 e. The predicted octanol–water partition coefficient (Wildman–Crippen LogP) is 1.82. The second-order valence-corrected chi connectivity index (χ2v) is 3.52. The molecular formula is C10H8N2O2. The third-order valence-electron chi connectivity index (χ3n) is 2.41. The molecule has 4 heteroatoms. The minimum absolute atomic E-state index is 0.0474. The fourth-order valence-electron chi connectivity index (χ4n) is 1.48. The summed E-state index contributed by atoms with van der Waals surface area (Å²) in [5.41, 5.74) is 1.24. The highest BCUT2D eigenvalue weighted by atomic mass is 16.5. The highest BCUT2D eigenvalue weighted by molar-refractivity contribution is 6.05. The molecule has 1 fully saturated rings. The summed E-state index contributed by atoms with van der Waals surface area (Å²) in [6, 6.07) is 3.56. The van der Waals surface area contributed by atoms with Crippen molar-refractivity contribution in [3.8, 4) is 0 Å². The van der Waals surface area contributed by atoms with Crippen LogP contribution >= 0.6 is 0 Å². The lowest BCUT2D eigenvalue weighted by Gasteiger charge is -1.90. The normalized spacial score (nSPS) is 16.0. The van der Waals surface area contributed by atoms with Gasteiger partial charge in [0, 0.05) is 12.1 Å². The summed E-state index contributed by atoms with van der Waals surface area (Å²) in [6.07, 6.45) is 3.57. The molecule has 0 spiro atoms. The number of hydrogen-bond donors (Lipinski definition) is 0. The SMILES string of the molecule is O=C(c1onc2cccnc12)C1CC1. The average molecular weight is 188 g/mol. The van der Waals surface area contributed by atoms with Gasteiger partial charge >= 0.3 is 0 Å². The zero-order chi connectivity index (χ0) is 9.54. The maximum atomic E-state index is 11.7. The average Bonchev–Trinajstić information content (AvgIpc) is 2.97. The Labute approximate surface area is 79.9 Å². The number of fused-ring (bicyclic) bond motifs is 1. The number of pyridine rings is 1. The molecule has 0 saturated heterocycles. The highest BCUT2D eigenvalue weighted by Crippen LogP contribution is 2.34. The molecule has 2 aromatic rings. The van der Waals surface area contributed by atoms with Gasteiger partial charge in [0.1, 0.15) is 11.0 Å². The highest BCUT2D eigenvalue weighted by Gasteiger charge is 2.34. The number of nitrogens with zero attached hydrogens (tertiary/aromatic N) is 2. The van der Waals surface area contributed by atoms with Gasteiger partial charge in [0.25, 0.3) is 0 Å². The number of hydrogen-bond acceptors (Lipinski definition) is 4. The van der Waals surface area contributed by atoms with Crippen LogP contribution < -0.4 is 0 Å². The zero-order valence-corrected chi connectivity index (χ0v) is 7.43. The molecule has 4 nitrogen and oxygen atoms in total. The third-order valence-corrected chi connectivity index (χ3v) is 2.41. The van der Waals surface area contributed by atoms with Gasteiger partial charge in [0.15, 0.2) is 0 Å². The van der Waals surface area contributed by atoms with E-state index in [0.717, 1.165) is 12.8 Å². The second kappa shape index (κ2) is 2.64. The summed E-state index contributed by atoms with van der Waals surface area (Å²) in [5, 5.41) is 3.79. The zero-order valence-electron chi connectivity index (χ0n) is 7.43. The lowest BCUT2D eigenvalue weighted by Crippen LogP contribution is -2.00. The molecule has 2 heterocycles. The minimum Gasteiger partial charge on any atom is -0.350 e. The van der Waals surface area contributed by atoms with E-state index in [1.165, 1.54) is 0 Å². The summed E-state index contributed by atoms with van der Waals surface area (Å²) < 4.78 is 5.02. The molecule has 0 amide bonds. The largest absolute Gasteiger partial charge is 0.350 e. The van der Waals surface area contributed by atoms with Crippen LogP contribution in [0.5, 0.6) is 0 Å². The van der Waals surface area contributed by atoms with Gasteiger partial charge in [-0.05, 0) is 25.0 Å². The van der Waals surface area contributed by atoms with Gasteiger partial charge in [0.2, 0.25) is 11.5 Å². The van der Waals surface area contributed by atoms with Crippen LogP contribution in [-0.4, -0.2) is 15.9 Å². The van der Waals surface area contributed by atoms with Crippen LogP contribution in [0.4, 0.5) is 0 Å². The van der Waals surface area contributed by atoms with Crippen molar-refractivity contribution in [3.63, 3.8) is 0 Å². The van der Waals surface area contributed by atoms with Gasteiger partial charge in [-0.2, -0.15) is 0 Å². The Balaban J connectivity index is 2.16. The Kier molecular flexibility index (Phi) is 1.45. The third kappa shape index (κ3) is 1.04. The Morgan fingerprint density at radius 1 is 1.50 bits per heavy atom. The van der Waals surface area contributed by atoms with Gasteiger partial charge in [-0.25, -0.2) is 0 Å². The lowest BCUT2D eigenvalue weighted by molar-refractivity contribution is 0.0933. The molecule has 0 unspecified atom stereocenters. The van der Waals surface area contributed by atoms with Crippen molar-refractivity contribution < 1.29 is 9.32 Å². The maximum absolute atomic E-state index is 11.7. The molecule has 3 rings (SSSR count). The molecule has 1 aliphatic carbocycles.